The number of halogens is 2. The van der Waals surface area contributed by atoms with Crippen molar-refractivity contribution in [1.29, 1.82) is 0 Å². The molecule has 0 radical (unpaired) electrons. The van der Waals surface area contributed by atoms with Gasteiger partial charge in [0.15, 0.2) is 0 Å². The third-order valence-electron chi connectivity index (χ3n) is 4.30. The molecule has 0 bridgehead atoms. The van der Waals surface area contributed by atoms with Crippen molar-refractivity contribution in [2.45, 2.75) is 0 Å². The first kappa shape index (κ1) is 20.8. The van der Waals surface area contributed by atoms with E-state index >= 15 is 0 Å². The van der Waals surface area contributed by atoms with Crippen molar-refractivity contribution in [2.75, 3.05) is 13.2 Å². The quantitative estimate of drug-likeness (QED) is 0.360. The summed E-state index contributed by atoms with van der Waals surface area (Å²) in [6, 6.07) is 18.2. The Hall–Kier alpha value is -2.48. The van der Waals surface area contributed by atoms with Crippen molar-refractivity contribution < 1.29 is 18.7 Å². The summed E-state index contributed by atoms with van der Waals surface area (Å²) in [5.41, 5.74) is 0.922. The maximum absolute atomic E-state index is 12.6. The molecule has 0 N–H and O–H groups in total. The van der Waals surface area contributed by atoms with Crippen molar-refractivity contribution in [3.05, 3.63) is 80.8 Å². The SMILES string of the molecule is O=C1S/C(=C\c2ccc(-c3ccc(Br)cc3)o2)C(=O)N1CCOc1ccc(Cl)cc1. The molecule has 0 saturated carbocycles. The topological polar surface area (TPSA) is 59.8 Å². The van der Waals surface area contributed by atoms with E-state index in [4.69, 9.17) is 20.8 Å². The van der Waals surface area contributed by atoms with Crippen LogP contribution in [0.25, 0.3) is 17.4 Å². The normalized spacial score (nSPS) is 15.3. The second-order valence-electron chi connectivity index (χ2n) is 6.34. The predicted molar refractivity (Wildman–Crippen MR) is 121 cm³/mol. The molecule has 3 aromatic rings. The lowest BCUT2D eigenvalue weighted by molar-refractivity contribution is -0.123. The predicted octanol–water partition coefficient (Wildman–Crippen LogP) is 6.48. The standard InChI is InChI=1S/C22H15BrClNO4S/c23-15-3-1-14(2-4-15)19-10-9-18(29-19)13-20-21(26)25(22(27)30-20)11-12-28-17-7-5-16(24)6-8-17/h1-10,13H,11-12H2/b20-13-. The maximum Gasteiger partial charge on any atom is 0.293 e. The molecule has 0 unspecified atom stereocenters. The molecule has 152 valence electrons. The third kappa shape index (κ3) is 4.80. The number of thioether (sulfide) groups is 1. The molecule has 5 nitrogen and oxygen atoms in total. The number of nitrogens with zero attached hydrogens (tertiary/aromatic N) is 1. The summed E-state index contributed by atoms with van der Waals surface area (Å²) < 4.78 is 12.4. The Labute approximate surface area is 190 Å². The van der Waals surface area contributed by atoms with E-state index in [2.05, 4.69) is 15.9 Å². The summed E-state index contributed by atoms with van der Waals surface area (Å²) in [6.45, 7) is 0.356. The molecule has 2 aromatic carbocycles. The van der Waals surface area contributed by atoms with Crippen LogP contribution < -0.4 is 4.74 Å². The van der Waals surface area contributed by atoms with Crippen LogP contribution in [0.1, 0.15) is 5.76 Å². The Morgan fingerprint density at radius 1 is 1.03 bits per heavy atom. The number of hydrogen-bond acceptors (Lipinski definition) is 5. The monoisotopic (exact) mass is 503 g/mol. The van der Waals surface area contributed by atoms with Crippen molar-refractivity contribution in [2.24, 2.45) is 0 Å². The summed E-state index contributed by atoms with van der Waals surface area (Å²) in [5, 5.41) is 0.283. The van der Waals surface area contributed by atoms with E-state index in [1.54, 1.807) is 36.4 Å². The number of benzene rings is 2. The second kappa shape index (κ2) is 9.12. The van der Waals surface area contributed by atoms with Gasteiger partial charge in [-0.1, -0.05) is 39.7 Å². The fourth-order valence-electron chi connectivity index (χ4n) is 2.81. The molecule has 1 saturated heterocycles. The highest BCUT2D eigenvalue weighted by atomic mass is 79.9. The first-order valence-electron chi connectivity index (χ1n) is 8.99. The van der Waals surface area contributed by atoms with Crippen LogP contribution in [0.15, 0.2) is 74.5 Å². The van der Waals surface area contributed by atoms with Gasteiger partial charge in [-0.2, -0.15) is 0 Å². The van der Waals surface area contributed by atoms with Crippen molar-refractivity contribution in [3.63, 3.8) is 0 Å². The van der Waals surface area contributed by atoms with E-state index in [0.29, 0.717) is 27.2 Å². The van der Waals surface area contributed by atoms with Crippen LogP contribution in [0, 0.1) is 0 Å². The number of carbonyl (C=O) groups excluding carboxylic acids is 2. The Morgan fingerprint density at radius 2 is 1.77 bits per heavy atom. The molecule has 2 amide bonds. The van der Waals surface area contributed by atoms with E-state index in [9.17, 15) is 9.59 Å². The zero-order chi connectivity index (χ0) is 21.1. The second-order valence-corrected chi connectivity index (χ2v) is 8.69. The minimum atomic E-state index is -0.355. The highest BCUT2D eigenvalue weighted by Gasteiger charge is 2.35. The van der Waals surface area contributed by atoms with Gasteiger partial charge in [-0.05, 0) is 60.3 Å². The van der Waals surface area contributed by atoms with Crippen LogP contribution in [-0.2, 0) is 4.79 Å². The summed E-state index contributed by atoms with van der Waals surface area (Å²) in [4.78, 5) is 26.4. The average Bonchev–Trinajstić information content (AvgIpc) is 3.30. The van der Waals surface area contributed by atoms with Crippen LogP contribution in [0.3, 0.4) is 0 Å². The summed E-state index contributed by atoms with van der Waals surface area (Å²) in [6.07, 6.45) is 1.59. The van der Waals surface area contributed by atoms with Gasteiger partial charge < -0.3 is 9.15 Å². The Bertz CT molecular complexity index is 1110. The van der Waals surface area contributed by atoms with Crippen molar-refractivity contribution in [3.8, 4) is 17.1 Å². The van der Waals surface area contributed by atoms with Gasteiger partial charge in [-0.15, -0.1) is 0 Å². The molecule has 30 heavy (non-hydrogen) atoms. The number of imide groups is 1. The fraction of sp³-hybridized carbons (Fsp3) is 0.0909. The summed E-state index contributed by atoms with van der Waals surface area (Å²) >= 11 is 10.1. The molecule has 0 aliphatic carbocycles. The molecule has 1 aliphatic rings. The minimum Gasteiger partial charge on any atom is -0.492 e. The van der Waals surface area contributed by atoms with Gasteiger partial charge in [0, 0.05) is 21.1 Å². The molecule has 8 heteroatoms. The zero-order valence-corrected chi connectivity index (χ0v) is 18.7. The molecule has 4 rings (SSSR count). The van der Waals surface area contributed by atoms with Crippen molar-refractivity contribution >= 4 is 56.5 Å². The molecular formula is C22H15BrClNO4S. The molecule has 0 atom stereocenters. The molecule has 1 aliphatic heterocycles. The highest BCUT2D eigenvalue weighted by molar-refractivity contribution is 9.10. The van der Waals surface area contributed by atoms with Crippen LogP contribution in [-0.4, -0.2) is 29.2 Å². The largest absolute Gasteiger partial charge is 0.492 e. The van der Waals surface area contributed by atoms with Gasteiger partial charge in [0.05, 0.1) is 11.4 Å². The van der Waals surface area contributed by atoms with Gasteiger partial charge in [0.25, 0.3) is 11.1 Å². The van der Waals surface area contributed by atoms with Crippen molar-refractivity contribution in [1.82, 2.24) is 4.90 Å². The number of furan rings is 1. The lowest BCUT2D eigenvalue weighted by Crippen LogP contribution is -2.32. The van der Waals surface area contributed by atoms with E-state index in [1.165, 1.54) is 4.90 Å². The number of carbonyl (C=O) groups is 2. The van der Waals surface area contributed by atoms with Gasteiger partial charge in [-0.25, -0.2) is 0 Å². The van der Waals surface area contributed by atoms with Crippen LogP contribution >= 0.6 is 39.3 Å². The smallest absolute Gasteiger partial charge is 0.293 e. The van der Waals surface area contributed by atoms with Crippen LogP contribution in [0.5, 0.6) is 5.75 Å². The third-order valence-corrected chi connectivity index (χ3v) is 5.99. The van der Waals surface area contributed by atoms with E-state index in [0.717, 1.165) is 21.8 Å². The molecule has 1 fully saturated rings. The van der Waals surface area contributed by atoms with Gasteiger partial charge in [0.1, 0.15) is 23.9 Å². The lowest BCUT2D eigenvalue weighted by atomic mass is 10.2. The number of ether oxygens (including phenoxy) is 1. The maximum atomic E-state index is 12.6. The Morgan fingerprint density at radius 3 is 2.50 bits per heavy atom. The fourth-order valence-corrected chi connectivity index (χ4v) is 4.04. The van der Waals surface area contributed by atoms with Gasteiger partial charge in [0.2, 0.25) is 0 Å². The molecule has 2 heterocycles. The van der Waals surface area contributed by atoms with E-state index in [-0.39, 0.29) is 24.3 Å². The average molecular weight is 505 g/mol. The number of rotatable bonds is 6. The van der Waals surface area contributed by atoms with E-state index < -0.39 is 0 Å². The molecular weight excluding hydrogens is 490 g/mol. The number of amides is 2. The first-order chi connectivity index (χ1) is 14.5. The van der Waals surface area contributed by atoms with Gasteiger partial charge >= 0.3 is 0 Å². The van der Waals surface area contributed by atoms with Crippen LogP contribution in [0.2, 0.25) is 5.02 Å². The Balaban J connectivity index is 1.40. The zero-order valence-electron chi connectivity index (χ0n) is 15.5. The van der Waals surface area contributed by atoms with Gasteiger partial charge in [-0.3, -0.25) is 14.5 Å². The molecule has 1 aromatic heterocycles. The number of hydrogen-bond donors (Lipinski definition) is 0. The minimum absolute atomic E-state index is 0.160. The lowest BCUT2D eigenvalue weighted by Gasteiger charge is -2.13. The first-order valence-corrected chi connectivity index (χ1v) is 11.0. The van der Waals surface area contributed by atoms with Crippen LogP contribution in [0.4, 0.5) is 4.79 Å². The molecule has 0 spiro atoms. The summed E-state index contributed by atoms with van der Waals surface area (Å²) in [5.74, 6) is 1.46. The summed E-state index contributed by atoms with van der Waals surface area (Å²) in [7, 11) is 0. The highest BCUT2D eigenvalue weighted by Crippen LogP contribution is 2.33. The Kier molecular flexibility index (Phi) is 6.32. The van der Waals surface area contributed by atoms with E-state index in [1.807, 2.05) is 30.3 Å².